The maximum Gasteiger partial charge on any atom is 0.255 e. The molecule has 1 aromatic heterocycles. The Labute approximate surface area is 221 Å². The highest BCUT2D eigenvalue weighted by Crippen LogP contribution is 2.34. The number of hydrogen-bond acceptors (Lipinski definition) is 4. The van der Waals surface area contributed by atoms with Crippen LogP contribution < -0.4 is 9.64 Å². The first-order chi connectivity index (χ1) is 18.0. The number of piperazine rings is 1. The van der Waals surface area contributed by atoms with E-state index < -0.39 is 0 Å². The largest absolute Gasteiger partial charge is 0.497 e. The summed E-state index contributed by atoms with van der Waals surface area (Å²) in [5, 5.41) is 9.66. The highest BCUT2D eigenvalue weighted by Gasteiger charge is 2.27. The predicted octanol–water partition coefficient (Wildman–Crippen LogP) is 5.95. The van der Waals surface area contributed by atoms with E-state index >= 15 is 0 Å². The van der Waals surface area contributed by atoms with Crippen molar-refractivity contribution in [3.8, 4) is 28.8 Å². The van der Waals surface area contributed by atoms with Crippen molar-refractivity contribution in [2.75, 3.05) is 38.2 Å². The Kier molecular flexibility index (Phi) is 6.89. The summed E-state index contributed by atoms with van der Waals surface area (Å²) in [6.45, 7) is 4.66. The lowest BCUT2D eigenvalue weighted by atomic mass is 10.1. The van der Waals surface area contributed by atoms with Gasteiger partial charge >= 0.3 is 0 Å². The zero-order chi connectivity index (χ0) is 25.9. The minimum absolute atomic E-state index is 0.0116. The van der Waals surface area contributed by atoms with Gasteiger partial charge in [0.2, 0.25) is 0 Å². The molecule has 0 unspecified atom stereocenters. The quantitative estimate of drug-likeness (QED) is 0.333. The standard InChI is InChI=1S/C30H27ClN4O2/c1-21-26(30(36)34-17-15-33(16-18-34)24-11-7-22(20-32)8-12-24)19-29(23-9-13-25(37-2)14-10-23)35(21)28-6-4-3-5-27(28)31/h3-14,19H,15-18H2,1-2H3. The zero-order valence-electron chi connectivity index (χ0n) is 20.8. The number of benzene rings is 3. The van der Waals surface area contributed by atoms with E-state index in [0.29, 0.717) is 29.2 Å². The molecule has 0 bridgehead atoms. The maximum absolute atomic E-state index is 13.8. The number of carbonyl (C=O) groups is 1. The lowest BCUT2D eigenvalue weighted by Crippen LogP contribution is -2.48. The smallest absolute Gasteiger partial charge is 0.255 e. The van der Waals surface area contributed by atoms with Crippen LogP contribution in [0.15, 0.2) is 78.9 Å². The molecule has 2 heterocycles. The van der Waals surface area contributed by atoms with Crippen LogP contribution in [0, 0.1) is 18.3 Å². The molecule has 0 spiro atoms. The van der Waals surface area contributed by atoms with Gasteiger partial charge in [0.05, 0.1) is 40.7 Å². The molecule has 1 amide bonds. The molecule has 1 saturated heterocycles. The van der Waals surface area contributed by atoms with Gasteiger partial charge in [-0.05, 0) is 79.2 Å². The van der Waals surface area contributed by atoms with Crippen LogP contribution in [0.1, 0.15) is 21.6 Å². The SMILES string of the molecule is COc1ccc(-c2cc(C(=O)N3CCN(c4ccc(C#N)cc4)CC3)c(C)n2-c2ccccc2Cl)cc1. The topological polar surface area (TPSA) is 61.5 Å². The lowest BCUT2D eigenvalue weighted by molar-refractivity contribution is 0.0746. The van der Waals surface area contributed by atoms with Crippen molar-refractivity contribution in [2.45, 2.75) is 6.92 Å². The second-order valence-electron chi connectivity index (χ2n) is 8.98. The molecule has 37 heavy (non-hydrogen) atoms. The number of ether oxygens (including phenoxy) is 1. The Hall–Kier alpha value is -4.21. The van der Waals surface area contributed by atoms with Crippen molar-refractivity contribution in [1.82, 2.24) is 9.47 Å². The van der Waals surface area contributed by atoms with E-state index in [2.05, 4.69) is 15.5 Å². The average Bonchev–Trinajstić information content (AvgIpc) is 3.29. The van der Waals surface area contributed by atoms with Crippen molar-refractivity contribution in [3.05, 3.63) is 101 Å². The Morgan fingerprint density at radius 1 is 0.946 bits per heavy atom. The number of amides is 1. The third-order valence-electron chi connectivity index (χ3n) is 6.89. The number of methoxy groups -OCH3 is 1. The number of carbonyl (C=O) groups excluding carboxylic acids is 1. The number of halogens is 1. The van der Waals surface area contributed by atoms with E-state index in [0.717, 1.165) is 47.2 Å². The number of hydrogen-bond donors (Lipinski definition) is 0. The molecule has 5 rings (SSSR count). The van der Waals surface area contributed by atoms with E-state index in [4.69, 9.17) is 21.6 Å². The van der Waals surface area contributed by atoms with Gasteiger partial charge in [0.1, 0.15) is 5.75 Å². The molecule has 0 aliphatic carbocycles. The number of para-hydroxylation sites is 1. The van der Waals surface area contributed by atoms with Gasteiger partial charge in [0.25, 0.3) is 5.91 Å². The first-order valence-corrected chi connectivity index (χ1v) is 12.5. The van der Waals surface area contributed by atoms with Crippen molar-refractivity contribution < 1.29 is 9.53 Å². The van der Waals surface area contributed by atoms with Crippen molar-refractivity contribution >= 4 is 23.2 Å². The third kappa shape index (κ3) is 4.78. The molecule has 0 radical (unpaired) electrons. The molecule has 6 nitrogen and oxygen atoms in total. The number of anilines is 1. The van der Waals surface area contributed by atoms with Crippen LogP contribution >= 0.6 is 11.6 Å². The van der Waals surface area contributed by atoms with Crippen molar-refractivity contribution in [1.29, 1.82) is 5.26 Å². The van der Waals surface area contributed by atoms with Crippen LogP contribution in [-0.4, -0.2) is 48.7 Å². The molecular weight excluding hydrogens is 484 g/mol. The van der Waals surface area contributed by atoms with Crippen LogP contribution in [0.2, 0.25) is 5.02 Å². The first-order valence-electron chi connectivity index (χ1n) is 12.2. The van der Waals surface area contributed by atoms with E-state index in [1.807, 2.05) is 90.7 Å². The van der Waals surface area contributed by atoms with Crippen molar-refractivity contribution in [2.24, 2.45) is 0 Å². The summed E-state index contributed by atoms with van der Waals surface area (Å²) in [4.78, 5) is 17.9. The summed E-state index contributed by atoms with van der Waals surface area (Å²) >= 11 is 6.61. The van der Waals surface area contributed by atoms with E-state index in [1.165, 1.54) is 0 Å². The summed E-state index contributed by atoms with van der Waals surface area (Å²) in [6.07, 6.45) is 0. The molecule has 1 aliphatic heterocycles. The number of nitrogens with zero attached hydrogens (tertiary/aromatic N) is 4. The molecule has 7 heteroatoms. The van der Waals surface area contributed by atoms with Gasteiger partial charge in [0.15, 0.2) is 0 Å². The lowest BCUT2D eigenvalue weighted by Gasteiger charge is -2.36. The summed E-state index contributed by atoms with van der Waals surface area (Å²) in [6, 6.07) is 27.2. The summed E-state index contributed by atoms with van der Waals surface area (Å²) in [7, 11) is 1.64. The molecule has 1 fully saturated rings. The zero-order valence-corrected chi connectivity index (χ0v) is 21.6. The molecule has 0 N–H and O–H groups in total. The first kappa shape index (κ1) is 24.5. The minimum atomic E-state index is 0.0116. The monoisotopic (exact) mass is 510 g/mol. The average molecular weight is 511 g/mol. The maximum atomic E-state index is 13.8. The summed E-state index contributed by atoms with van der Waals surface area (Å²) in [5.74, 6) is 0.783. The highest BCUT2D eigenvalue weighted by molar-refractivity contribution is 6.32. The van der Waals surface area contributed by atoms with Crippen LogP contribution in [0.3, 0.4) is 0 Å². The van der Waals surface area contributed by atoms with Gasteiger partial charge in [-0.2, -0.15) is 5.26 Å². The van der Waals surface area contributed by atoms with E-state index in [9.17, 15) is 4.79 Å². The van der Waals surface area contributed by atoms with Gasteiger partial charge in [-0.3, -0.25) is 4.79 Å². The van der Waals surface area contributed by atoms with Gasteiger partial charge in [-0.15, -0.1) is 0 Å². The fourth-order valence-electron chi connectivity index (χ4n) is 4.83. The highest BCUT2D eigenvalue weighted by atomic mass is 35.5. The predicted molar refractivity (Wildman–Crippen MR) is 147 cm³/mol. The fraction of sp³-hybridized carbons (Fsp3) is 0.200. The number of nitriles is 1. The molecule has 186 valence electrons. The molecule has 3 aromatic carbocycles. The van der Waals surface area contributed by atoms with Gasteiger partial charge in [0, 0.05) is 37.6 Å². The molecule has 4 aromatic rings. The molecule has 0 saturated carbocycles. The van der Waals surface area contributed by atoms with Gasteiger partial charge < -0.3 is 19.1 Å². The van der Waals surface area contributed by atoms with Gasteiger partial charge in [-0.1, -0.05) is 23.7 Å². The Morgan fingerprint density at radius 3 is 2.24 bits per heavy atom. The van der Waals surface area contributed by atoms with E-state index in [1.54, 1.807) is 7.11 Å². The molecule has 0 atom stereocenters. The third-order valence-corrected chi connectivity index (χ3v) is 7.20. The molecular formula is C30H27ClN4O2. The minimum Gasteiger partial charge on any atom is -0.497 e. The normalized spacial score (nSPS) is 13.4. The fourth-order valence-corrected chi connectivity index (χ4v) is 5.05. The summed E-state index contributed by atoms with van der Waals surface area (Å²) in [5.41, 5.74) is 5.91. The second-order valence-corrected chi connectivity index (χ2v) is 9.39. The van der Waals surface area contributed by atoms with Crippen LogP contribution in [0.5, 0.6) is 5.75 Å². The van der Waals surface area contributed by atoms with Crippen LogP contribution in [-0.2, 0) is 0 Å². The van der Waals surface area contributed by atoms with Crippen LogP contribution in [0.25, 0.3) is 16.9 Å². The Morgan fingerprint density at radius 2 is 1.62 bits per heavy atom. The second kappa shape index (κ2) is 10.4. The Bertz CT molecular complexity index is 1460. The number of rotatable bonds is 5. The van der Waals surface area contributed by atoms with E-state index in [-0.39, 0.29) is 5.91 Å². The number of aromatic nitrogens is 1. The Balaban J connectivity index is 1.45. The van der Waals surface area contributed by atoms with Gasteiger partial charge in [-0.25, -0.2) is 0 Å². The summed E-state index contributed by atoms with van der Waals surface area (Å²) < 4.78 is 7.39. The van der Waals surface area contributed by atoms with Crippen molar-refractivity contribution in [3.63, 3.8) is 0 Å². The van der Waals surface area contributed by atoms with Crippen LogP contribution in [0.4, 0.5) is 5.69 Å². The molecule has 1 aliphatic rings.